The molecule has 5 nitrogen and oxygen atoms in total. The first-order valence-corrected chi connectivity index (χ1v) is 6.28. The Morgan fingerprint density at radius 3 is 2.84 bits per heavy atom. The van der Waals surface area contributed by atoms with E-state index in [1.807, 2.05) is 18.2 Å². The predicted molar refractivity (Wildman–Crippen MR) is 74.9 cm³/mol. The van der Waals surface area contributed by atoms with Crippen molar-refractivity contribution >= 4 is 16.8 Å². The molecule has 1 aromatic heterocycles. The summed E-state index contributed by atoms with van der Waals surface area (Å²) in [7, 11) is 0. The number of nitrogens with zero attached hydrogens (tertiary/aromatic N) is 1. The fourth-order valence-electron chi connectivity index (χ4n) is 1.84. The van der Waals surface area contributed by atoms with Gasteiger partial charge in [0.05, 0.1) is 17.5 Å². The average Bonchev–Trinajstić information content (AvgIpc) is 2.38. The second-order valence-corrected chi connectivity index (χ2v) is 4.61. The van der Waals surface area contributed by atoms with E-state index >= 15 is 0 Å². The van der Waals surface area contributed by atoms with E-state index in [4.69, 9.17) is 10.1 Å². The van der Waals surface area contributed by atoms with Crippen LogP contribution in [0, 0.1) is 5.41 Å². The van der Waals surface area contributed by atoms with E-state index < -0.39 is 0 Å². The molecule has 1 aromatic carbocycles. The van der Waals surface area contributed by atoms with Gasteiger partial charge in [-0.3, -0.25) is 10.2 Å². The molecule has 100 valence electrons. The minimum absolute atomic E-state index is 0.116. The molecule has 0 aliphatic carbocycles. The molecule has 0 atom stereocenters. The maximum absolute atomic E-state index is 12.0. The third-order valence-electron chi connectivity index (χ3n) is 2.90. The number of fused-ring (bicyclic) bond motifs is 1. The van der Waals surface area contributed by atoms with Crippen molar-refractivity contribution in [1.82, 2.24) is 9.97 Å². The van der Waals surface area contributed by atoms with E-state index in [1.54, 1.807) is 6.92 Å². The number of rotatable bonds is 3. The van der Waals surface area contributed by atoms with Crippen LogP contribution >= 0.6 is 0 Å². The fourth-order valence-corrected chi connectivity index (χ4v) is 1.84. The van der Waals surface area contributed by atoms with Crippen LogP contribution in [0.3, 0.4) is 0 Å². The first kappa shape index (κ1) is 13.3. The van der Waals surface area contributed by atoms with Crippen molar-refractivity contribution in [3.05, 3.63) is 39.9 Å². The highest BCUT2D eigenvalue weighted by Gasteiger charge is 2.10. The summed E-state index contributed by atoms with van der Waals surface area (Å²) in [5.74, 6) is 0.399. The second kappa shape index (κ2) is 5.22. The SMILES string of the molecule is CCOC(=N)c1nc2ccc(C(C)C)cc2c(=O)[nH]1. The first-order valence-electron chi connectivity index (χ1n) is 6.28. The average molecular weight is 259 g/mol. The maximum atomic E-state index is 12.0. The molecule has 2 N–H and O–H groups in total. The lowest BCUT2D eigenvalue weighted by Crippen LogP contribution is -2.18. The highest BCUT2D eigenvalue weighted by atomic mass is 16.5. The number of hydrogen-bond donors (Lipinski definition) is 2. The summed E-state index contributed by atoms with van der Waals surface area (Å²) in [6.45, 7) is 6.29. The Morgan fingerprint density at radius 1 is 1.47 bits per heavy atom. The Bertz CT molecular complexity index is 674. The lowest BCUT2D eigenvalue weighted by molar-refractivity contribution is 0.323. The third-order valence-corrected chi connectivity index (χ3v) is 2.90. The minimum atomic E-state index is -0.244. The van der Waals surface area contributed by atoms with Crippen LogP contribution < -0.4 is 5.56 Å². The van der Waals surface area contributed by atoms with Crippen molar-refractivity contribution in [1.29, 1.82) is 5.41 Å². The molecule has 0 spiro atoms. The molecule has 19 heavy (non-hydrogen) atoms. The molecular weight excluding hydrogens is 242 g/mol. The largest absolute Gasteiger partial charge is 0.476 e. The molecule has 0 fully saturated rings. The standard InChI is InChI=1S/C14H17N3O2/c1-4-19-12(15)13-16-11-6-5-9(8(2)3)7-10(11)14(18)17-13/h5-8,15H,4H2,1-3H3,(H,16,17,18). The monoisotopic (exact) mass is 259 g/mol. The first-order chi connectivity index (χ1) is 9.02. The highest BCUT2D eigenvalue weighted by molar-refractivity contribution is 5.90. The third kappa shape index (κ3) is 2.65. The topological polar surface area (TPSA) is 78.8 Å². The summed E-state index contributed by atoms with van der Waals surface area (Å²) in [6, 6.07) is 5.61. The van der Waals surface area contributed by atoms with Crippen LogP contribution in [0.1, 0.15) is 38.1 Å². The van der Waals surface area contributed by atoms with Gasteiger partial charge in [0.15, 0.2) is 5.82 Å². The smallest absolute Gasteiger partial charge is 0.259 e. The molecule has 0 bridgehead atoms. The number of aromatic amines is 1. The van der Waals surface area contributed by atoms with Gasteiger partial charge < -0.3 is 9.72 Å². The van der Waals surface area contributed by atoms with Gasteiger partial charge in [0.2, 0.25) is 5.90 Å². The highest BCUT2D eigenvalue weighted by Crippen LogP contribution is 2.18. The van der Waals surface area contributed by atoms with E-state index in [1.165, 1.54) is 0 Å². The molecule has 0 radical (unpaired) electrons. The zero-order valence-corrected chi connectivity index (χ0v) is 11.3. The molecule has 0 saturated carbocycles. The molecule has 0 aliphatic rings. The molecule has 5 heteroatoms. The van der Waals surface area contributed by atoms with Crippen LogP contribution in [-0.2, 0) is 4.74 Å². The van der Waals surface area contributed by atoms with Gasteiger partial charge in [-0.05, 0) is 30.5 Å². The Balaban J connectivity index is 2.56. The van der Waals surface area contributed by atoms with Gasteiger partial charge in [-0.25, -0.2) is 4.98 Å². The molecule has 0 amide bonds. The fraction of sp³-hybridized carbons (Fsp3) is 0.357. The number of H-pyrrole nitrogens is 1. The van der Waals surface area contributed by atoms with Crippen molar-refractivity contribution in [2.24, 2.45) is 0 Å². The summed E-state index contributed by atoms with van der Waals surface area (Å²) in [5.41, 5.74) is 1.42. The Labute approximate surface area is 111 Å². The summed E-state index contributed by atoms with van der Waals surface area (Å²) in [4.78, 5) is 18.9. The van der Waals surface area contributed by atoms with Gasteiger partial charge >= 0.3 is 0 Å². The van der Waals surface area contributed by atoms with Crippen molar-refractivity contribution in [2.45, 2.75) is 26.7 Å². The lowest BCUT2D eigenvalue weighted by atomic mass is 10.0. The Morgan fingerprint density at radius 2 is 2.21 bits per heavy atom. The van der Waals surface area contributed by atoms with Gasteiger partial charge in [0.25, 0.3) is 5.56 Å². The lowest BCUT2D eigenvalue weighted by Gasteiger charge is -2.08. The minimum Gasteiger partial charge on any atom is -0.476 e. The summed E-state index contributed by atoms with van der Waals surface area (Å²) < 4.78 is 5.04. The summed E-state index contributed by atoms with van der Waals surface area (Å²) in [5, 5.41) is 8.20. The van der Waals surface area contributed by atoms with E-state index in [0.717, 1.165) is 5.56 Å². The molecule has 0 saturated heterocycles. The summed E-state index contributed by atoms with van der Waals surface area (Å²) in [6.07, 6.45) is 0. The molecule has 2 aromatic rings. The molecule has 1 heterocycles. The number of benzene rings is 1. The van der Waals surface area contributed by atoms with Crippen molar-refractivity contribution in [2.75, 3.05) is 6.61 Å². The van der Waals surface area contributed by atoms with E-state index in [9.17, 15) is 4.79 Å². The normalized spacial score (nSPS) is 10.9. The van der Waals surface area contributed by atoms with Crippen LogP contribution in [0.25, 0.3) is 10.9 Å². The maximum Gasteiger partial charge on any atom is 0.259 e. The van der Waals surface area contributed by atoms with Gasteiger partial charge in [0.1, 0.15) is 0 Å². The van der Waals surface area contributed by atoms with Gasteiger partial charge in [-0.15, -0.1) is 0 Å². The van der Waals surface area contributed by atoms with Crippen LogP contribution in [0.2, 0.25) is 0 Å². The van der Waals surface area contributed by atoms with E-state index in [0.29, 0.717) is 23.4 Å². The Kier molecular flexibility index (Phi) is 3.64. The number of aromatic nitrogens is 2. The van der Waals surface area contributed by atoms with Gasteiger partial charge in [-0.2, -0.15) is 0 Å². The van der Waals surface area contributed by atoms with Gasteiger partial charge in [-0.1, -0.05) is 19.9 Å². The second-order valence-electron chi connectivity index (χ2n) is 4.61. The van der Waals surface area contributed by atoms with Gasteiger partial charge in [0, 0.05) is 0 Å². The van der Waals surface area contributed by atoms with Crippen molar-refractivity contribution in [3.8, 4) is 0 Å². The zero-order valence-electron chi connectivity index (χ0n) is 11.3. The molecule has 0 unspecified atom stereocenters. The number of hydrogen-bond acceptors (Lipinski definition) is 4. The van der Waals surface area contributed by atoms with Crippen molar-refractivity contribution < 1.29 is 4.74 Å². The zero-order chi connectivity index (χ0) is 14.0. The molecule has 0 aliphatic heterocycles. The predicted octanol–water partition coefficient (Wildman–Crippen LogP) is 2.41. The number of ether oxygens (including phenoxy) is 1. The van der Waals surface area contributed by atoms with E-state index in [-0.39, 0.29) is 17.3 Å². The van der Waals surface area contributed by atoms with Crippen LogP contribution in [0.15, 0.2) is 23.0 Å². The van der Waals surface area contributed by atoms with Crippen LogP contribution in [-0.4, -0.2) is 22.5 Å². The van der Waals surface area contributed by atoms with E-state index in [2.05, 4.69) is 23.8 Å². The van der Waals surface area contributed by atoms with Crippen molar-refractivity contribution in [3.63, 3.8) is 0 Å². The van der Waals surface area contributed by atoms with Crippen LogP contribution in [0.4, 0.5) is 0 Å². The Hall–Kier alpha value is -2.17. The quantitative estimate of drug-likeness (QED) is 0.656. The molecule has 2 rings (SSSR count). The summed E-state index contributed by atoms with van der Waals surface area (Å²) >= 11 is 0. The number of nitrogens with one attached hydrogen (secondary N) is 2. The molecular formula is C14H17N3O2. The van der Waals surface area contributed by atoms with Crippen LogP contribution in [0.5, 0.6) is 0 Å².